The molecule has 0 saturated carbocycles. The van der Waals surface area contributed by atoms with Crippen molar-refractivity contribution in [3.63, 3.8) is 0 Å². The van der Waals surface area contributed by atoms with Crippen molar-refractivity contribution in [2.24, 2.45) is 10.9 Å². The van der Waals surface area contributed by atoms with Crippen molar-refractivity contribution in [2.75, 3.05) is 25.9 Å². The Labute approximate surface area is 213 Å². The molecule has 0 aliphatic carbocycles. The highest BCUT2D eigenvalue weighted by Crippen LogP contribution is 2.35. The van der Waals surface area contributed by atoms with Gasteiger partial charge in [0.2, 0.25) is 5.91 Å². The summed E-state index contributed by atoms with van der Waals surface area (Å²) in [5.41, 5.74) is 7.46. The summed E-state index contributed by atoms with van der Waals surface area (Å²) in [6.45, 7) is 6.68. The van der Waals surface area contributed by atoms with E-state index in [0.29, 0.717) is 24.3 Å². The first-order valence-corrected chi connectivity index (χ1v) is 11.8. The first kappa shape index (κ1) is 25.8. The van der Waals surface area contributed by atoms with Gasteiger partial charge in [-0.3, -0.25) is 14.6 Å². The van der Waals surface area contributed by atoms with Crippen LogP contribution in [0.2, 0.25) is 0 Å². The van der Waals surface area contributed by atoms with Gasteiger partial charge in [0, 0.05) is 37.2 Å². The number of aromatic nitrogens is 2. The molecule has 1 fully saturated rings. The van der Waals surface area contributed by atoms with Crippen LogP contribution in [-0.4, -0.2) is 52.4 Å². The summed E-state index contributed by atoms with van der Waals surface area (Å²) in [5.74, 6) is -2.05. The topological polar surface area (TPSA) is 102 Å². The fourth-order valence-electron chi connectivity index (χ4n) is 4.77. The molecular formula is C28H27F2N5O2. The number of likely N-dealkylation sites (tertiary alicyclic amines) is 1. The SMILES string of the molecule is C=CC(=O)N1CCC(C(C)c2ncnc(N)c2/C(=N\C)c2ccc(C(=O)c3ccccc3F)cc2F)C1. The second-order valence-corrected chi connectivity index (χ2v) is 8.92. The Balaban J connectivity index is 1.69. The Morgan fingerprint density at radius 3 is 2.59 bits per heavy atom. The van der Waals surface area contributed by atoms with Crippen LogP contribution in [0.3, 0.4) is 0 Å². The minimum absolute atomic E-state index is 0.00520. The first-order chi connectivity index (χ1) is 17.8. The molecule has 0 bridgehead atoms. The largest absolute Gasteiger partial charge is 0.383 e. The maximum Gasteiger partial charge on any atom is 0.245 e. The van der Waals surface area contributed by atoms with Crippen LogP contribution in [-0.2, 0) is 4.79 Å². The number of ketones is 1. The number of anilines is 1. The Morgan fingerprint density at radius 2 is 1.92 bits per heavy atom. The highest BCUT2D eigenvalue weighted by molar-refractivity contribution is 6.17. The normalized spacial score (nSPS) is 16.5. The van der Waals surface area contributed by atoms with Gasteiger partial charge in [-0.15, -0.1) is 0 Å². The van der Waals surface area contributed by atoms with Crippen LogP contribution in [0.1, 0.15) is 52.0 Å². The van der Waals surface area contributed by atoms with Gasteiger partial charge in [0.05, 0.1) is 22.5 Å². The van der Waals surface area contributed by atoms with Gasteiger partial charge >= 0.3 is 0 Å². The number of nitrogens with two attached hydrogens (primary N) is 1. The summed E-state index contributed by atoms with van der Waals surface area (Å²) < 4.78 is 29.5. The number of amides is 1. The third-order valence-electron chi connectivity index (χ3n) is 6.82. The predicted molar refractivity (Wildman–Crippen MR) is 138 cm³/mol. The third-order valence-corrected chi connectivity index (χ3v) is 6.82. The molecular weight excluding hydrogens is 476 g/mol. The molecule has 0 radical (unpaired) electrons. The molecule has 7 nitrogen and oxygen atoms in total. The number of nitrogens with zero attached hydrogens (tertiary/aromatic N) is 4. The average Bonchev–Trinajstić information content (AvgIpc) is 3.40. The third kappa shape index (κ3) is 5.02. The maximum atomic E-state index is 15.4. The van der Waals surface area contributed by atoms with Crippen LogP contribution in [0.15, 0.2) is 66.4 Å². The molecule has 2 aromatic carbocycles. The van der Waals surface area contributed by atoms with Gasteiger partial charge < -0.3 is 10.6 Å². The highest BCUT2D eigenvalue weighted by atomic mass is 19.1. The second kappa shape index (κ2) is 10.8. The molecule has 2 heterocycles. The van der Waals surface area contributed by atoms with Crippen molar-refractivity contribution in [1.29, 1.82) is 0 Å². The van der Waals surface area contributed by atoms with Gasteiger partial charge in [-0.25, -0.2) is 18.7 Å². The minimum Gasteiger partial charge on any atom is -0.383 e. The molecule has 2 atom stereocenters. The van der Waals surface area contributed by atoms with Crippen LogP contribution in [0.25, 0.3) is 0 Å². The summed E-state index contributed by atoms with van der Waals surface area (Å²) >= 11 is 0. The molecule has 3 aromatic rings. The van der Waals surface area contributed by atoms with Crippen molar-refractivity contribution in [1.82, 2.24) is 14.9 Å². The predicted octanol–water partition coefficient (Wildman–Crippen LogP) is 4.17. The van der Waals surface area contributed by atoms with Crippen molar-refractivity contribution in [2.45, 2.75) is 19.3 Å². The van der Waals surface area contributed by atoms with Crippen molar-refractivity contribution < 1.29 is 18.4 Å². The van der Waals surface area contributed by atoms with Gasteiger partial charge in [-0.2, -0.15) is 0 Å². The van der Waals surface area contributed by atoms with Crippen LogP contribution < -0.4 is 5.73 Å². The molecule has 190 valence electrons. The number of aliphatic imine (C=N–C) groups is 1. The number of carbonyl (C=O) groups excluding carboxylic acids is 2. The van der Waals surface area contributed by atoms with E-state index in [4.69, 9.17) is 5.73 Å². The number of hydrogen-bond acceptors (Lipinski definition) is 6. The molecule has 2 N–H and O–H groups in total. The zero-order chi connectivity index (χ0) is 26.7. The zero-order valence-electron chi connectivity index (χ0n) is 20.6. The van der Waals surface area contributed by atoms with E-state index in [1.54, 1.807) is 11.0 Å². The summed E-state index contributed by atoms with van der Waals surface area (Å²) in [5, 5.41) is 0. The number of benzene rings is 2. The standard InChI is InChI=1S/C28H27F2N5O2/c1-4-23(36)35-12-11-18(14-35)16(2)25-24(28(31)34-15-33-25)26(32-3)19-10-9-17(13-22(19)30)27(37)20-7-5-6-8-21(20)29/h4-10,13,15-16,18H,1,11-12,14H2,2-3H3,(H2,31,33,34)/b32-26-. The van der Waals surface area contributed by atoms with Gasteiger partial charge in [0.1, 0.15) is 23.8 Å². The summed E-state index contributed by atoms with van der Waals surface area (Å²) in [6, 6.07) is 9.46. The molecule has 4 rings (SSSR count). The van der Waals surface area contributed by atoms with E-state index >= 15 is 4.39 Å². The van der Waals surface area contributed by atoms with Crippen molar-refractivity contribution >= 4 is 23.2 Å². The van der Waals surface area contributed by atoms with Gasteiger partial charge in [-0.1, -0.05) is 31.7 Å². The molecule has 1 amide bonds. The Hall–Kier alpha value is -4.27. The molecule has 1 aromatic heterocycles. The van der Waals surface area contributed by atoms with Gasteiger partial charge in [0.25, 0.3) is 0 Å². The quantitative estimate of drug-likeness (QED) is 0.296. The summed E-state index contributed by atoms with van der Waals surface area (Å²) in [7, 11) is 1.51. The lowest BCUT2D eigenvalue weighted by molar-refractivity contribution is -0.125. The molecule has 2 unspecified atom stereocenters. The minimum atomic E-state index is -0.715. The van der Waals surface area contributed by atoms with Crippen LogP contribution in [0.4, 0.5) is 14.6 Å². The zero-order valence-corrected chi connectivity index (χ0v) is 20.6. The van der Waals surface area contributed by atoms with E-state index in [2.05, 4.69) is 21.5 Å². The van der Waals surface area contributed by atoms with E-state index in [1.165, 1.54) is 49.8 Å². The van der Waals surface area contributed by atoms with Crippen LogP contribution in [0, 0.1) is 17.6 Å². The number of halogens is 2. The summed E-state index contributed by atoms with van der Waals surface area (Å²) in [6.07, 6.45) is 3.42. The molecule has 1 aliphatic heterocycles. The van der Waals surface area contributed by atoms with Crippen LogP contribution >= 0.6 is 0 Å². The number of rotatable bonds is 7. The van der Waals surface area contributed by atoms with Crippen molar-refractivity contribution in [3.8, 4) is 0 Å². The fraction of sp³-hybridized carbons (Fsp3) is 0.250. The lowest BCUT2D eigenvalue weighted by Crippen LogP contribution is -2.28. The Morgan fingerprint density at radius 1 is 1.16 bits per heavy atom. The smallest absolute Gasteiger partial charge is 0.245 e. The number of carbonyl (C=O) groups is 2. The van der Waals surface area contributed by atoms with Crippen molar-refractivity contribution in [3.05, 3.63) is 101 Å². The van der Waals surface area contributed by atoms with E-state index in [0.717, 1.165) is 12.5 Å². The number of hydrogen-bond donors (Lipinski definition) is 1. The van der Waals surface area contributed by atoms with E-state index in [9.17, 15) is 14.0 Å². The first-order valence-electron chi connectivity index (χ1n) is 11.8. The van der Waals surface area contributed by atoms with E-state index in [1.807, 2.05) is 6.92 Å². The monoisotopic (exact) mass is 503 g/mol. The Bertz CT molecular complexity index is 1410. The molecule has 37 heavy (non-hydrogen) atoms. The van der Waals surface area contributed by atoms with Gasteiger partial charge in [-0.05, 0) is 42.7 Å². The molecule has 1 aliphatic rings. The molecule has 0 spiro atoms. The lowest BCUT2D eigenvalue weighted by Gasteiger charge is -2.23. The number of nitrogen functional groups attached to an aromatic ring is 1. The highest BCUT2D eigenvalue weighted by Gasteiger charge is 2.33. The van der Waals surface area contributed by atoms with Gasteiger partial charge in [0.15, 0.2) is 5.78 Å². The van der Waals surface area contributed by atoms with E-state index in [-0.39, 0.29) is 46.0 Å². The average molecular weight is 504 g/mol. The van der Waals surface area contributed by atoms with E-state index < -0.39 is 17.4 Å². The molecule has 1 saturated heterocycles. The molecule has 9 heteroatoms. The summed E-state index contributed by atoms with van der Waals surface area (Å²) in [4.78, 5) is 39.5. The maximum absolute atomic E-state index is 15.4. The lowest BCUT2D eigenvalue weighted by atomic mass is 9.85. The fourth-order valence-corrected chi connectivity index (χ4v) is 4.77. The second-order valence-electron chi connectivity index (χ2n) is 8.92. The van der Waals surface area contributed by atoms with Crippen LogP contribution in [0.5, 0.6) is 0 Å². The Kier molecular flexibility index (Phi) is 7.52.